The summed E-state index contributed by atoms with van der Waals surface area (Å²) in [5, 5.41) is 8.75. The summed E-state index contributed by atoms with van der Waals surface area (Å²) in [6, 6.07) is 4.04. The molecule has 0 bridgehead atoms. The minimum Gasteiger partial charge on any atom is -0.490 e. The second-order valence-corrected chi connectivity index (χ2v) is 8.31. The Balaban J connectivity index is 2.27. The fourth-order valence-electron chi connectivity index (χ4n) is 2.89. The molecule has 1 fully saturated rings. The van der Waals surface area contributed by atoms with Crippen LogP contribution in [0.25, 0.3) is 0 Å². The molecule has 0 radical (unpaired) electrons. The van der Waals surface area contributed by atoms with Crippen LogP contribution in [-0.4, -0.2) is 67.6 Å². The van der Waals surface area contributed by atoms with Crippen LogP contribution in [0.3, 0.4) is 0 Å². The lowest BCUT2D eigenvalue weighted by molar-refractivity contribution is -0.139. The Morgan fingerprint density at radius 3 is 2.63 bits per heavy atom. The van der Waals surface area contributed by atoms with E-state index in [1.54, 1.807) is 13.0 Å². The number of rotatable bonds is 9. The molecule has 1 N–H and O–H groups in total. The topological polar surface area (TPSA) is 110 Å². The Morgan fingerprint density at radius 1 is 1.33 bits per heavy atom. The zero-order valence-electron chi connectivity index (χ0n) is 15.1. The molecule has 1 aromatic rings. The van der Waals surface area contributed by atoms with Gasteiger partial charge in [-0.1, -0.05) is 6.08 Å². The fraction of sp³-hybridized carbons (Fsp3) is 0.444. The summed E-state index contributed by atoms with van der Waals surface area (Å²) >= 11 is 0. The number of nitrogens with zero attached hydrogens (tertiary/aromatic N) is 1. The summed E-state index contributed by atoms with van der Waals surface area (Å²) in [4.78, 5) is 25.1. The molecule has 148 valence electrons. The van der Waals surface area contributed by atoms with Gasteiger partial charge in [-0.05, 0) is 31.5 Å². The largest absolute Gasteiger partial charge is 0.490 e. The van der Waals surface area contributed by atoms with Crippen molar-refractivity contribution in [2.75, 3.05) is 31.3 Å². The van der Waals surface area contributed by atoms with E-state index in [0.717, 1.165) is 0 Å². The van der Waals surface area contributed by atoms with Gasteiger partial charge in [0.1, 0.15) is 0 Å². The van der Waals surface area contributed by atoms with Gasteiger partial charge in [0.15, 0.2) is 27.9 Å². The van der Waals surface area contributed by atoms with Gasteiger partial charge in [-0.25, -0.2) is 13.2 Å². The first kappa shape index (κ1) is 20.8. The molecule has 1 aromatic carbocycles. The maximum Gasteiger partial charge on any atom is 0.341 e. The van der Waals surface area contributed by atoms with Gasteiger partial charge in [-0.3, -0.25) is 4.79 Å². The highest BCUT2D eigenvalue weighted by atomic mass is 32.2. The molecule has 1 heterocycles. The van der Waals surface area contributed by atoms with Crippen molar-refractivity contribution < 1.29 is 32.6 Å². The molecule has 1 amide bonds. The Hall–Kier alpha value is -2.55. The Kier molecular flexibility index (Phi) is 6.84. The van der Waals surface area contributed by atoms with Crippen LogP contribution in [0.1, 0.15) is 23.7 Å². The highest BCUT2D eigenvalue weighted by molar-refractivity contribution is 7.91. The number of carbonyl (C=O) groups is 2. The lowest BCUT2D eigenvalue weighted by atomic mass is 10.1. The Labute approximate surface area is 158 Å². The second-order valence-electron chi connectivity index (χ2n) is 6.08. The van der Waals surface area contributed by atoms with Crippen LogP contribution >= 0.6 is 0 Å². The van der Waals surface area contributed by atoms with E-state index in [4.69, 9.17) is 14.6 Å². The molecular formula is C18H23NO7S. The lowest BCUT2D eigenvalue weighted by Crippen LogP contribution is -2.41. The molecule has 1 aliphatic heterocycles. The highest BCUT2D eigenvalue weighted by Gasteiger charge is 2.34. The molecule has 0 spiro atoms. The van der Waals surface area contributed by atoms with Crippen LogP contribution in [0.2, 0.25) is 0 Å². The van der Waals surface area contributed by atoms with Crippen molar-refractivity contribution in [3.63, 3.8) is 0 Å². The van der Waals surface area contributed by atoms with Gasteiger partial charge in [0.25, 0.3) is 5.91 Å². The van der Waals surface area contributed by atoms with Crippen LogP contribution < -0.4 is 9.47 Å². The fourth-order valence-corrected chi connectivity index (χ4v) is 4.62. The van der Waals surface area contributed by atoms with Gasteiger partial charge in [0.2, 0.25) is 0 Å². The molecule has 1 saturated heterocycles. The maximum absolute atomic E-state index is 13.0. The van der Waals surface area contributed by atoms with Crippen LogP contribution in [0.15, 0.2) is 30.9 Å². The monoisotopic (exact) mass is 397 g/mol. The van der Waals surface area contributed by atoms with E-state index in [2.05, 4.69) is 6.58 Å². The number of carboxylic acid groups (broad SMARTS) is 1. The second kappa shape index (κ2) is 8.90. The average molecular weight is 397 g/mol. The molecule has 1 atom stereocenters. The molecule has 0 aliphatic carbocycles. The van der Waals surface area contributed by atoms with Crippen molar-refractivity contribution in [3.05, 3.63) is 36.4 Å². The lowest BCUT2D eigenvalue weighted by Gasteiger charge is -2.27. The van der Waals surface area contributed by atoms with Crippen LogP contribution in [0, 0.1) is 0 Å². The third-order valence-corrected chi connectivity index (χ3v) is 5.83. The molecular weight excluding hydrogens is 374 g/mol. The third kappa shape index (κ3) is 5.46. The van der Waals surface area contributed by atoms with E-state index in [-0.39, 0.29) is 35.5 Å². The van der Waals surface area contributed by atoms with Gasteiger partial charge < -0.3 is 19.5 Å². The molecule has 27 heavy (non-hydrogen) atoms. The number of sulfone groups is 1. The number of carbonyl (C=O) groups excluding carboxylic acids is 1. The van der Waals surface area contributed by atoms with Crippen molar-refractivity contribution in [1.82, 2.24) is 4.90 Å². The maximum atomic E-state index is 13.0. The Bertz CT molecular complexity index is 819. The van der Waals surface area contributed by atoms with E-state index >= 15 is 0 Å². The van der Waals surface area contributed by atoms with E-state index in [0.29, 0.717) is 18.6 Å². The molecule has 1 unspecified atom stereocenters. The van der Waals surface area contributed by atoms with Crippen LogP contribution in [-0.2, 0) is 14.6 Å². The average Bonchev–Trinajstić information content (AvgIpc) is 2.97. The van der Waals surface area contributed by atoms with Gasteiger partial charge >= 0.3 is 5.97 Å². The zero-order valence-corrected chi connectivity index (χ0v) is 15.9. The summed E-state index contributed by atoms with van der Waals surface area (Å²) in [6.45, 7) is 5.39. The van der Waals surface area contributed by atoms with Crippen LogP contribution in [0.4, 0.5) is 0 Å². The van der Waals surface area contributed by atoms with Gasteiger partial charge in [0.05, 0.1) is 18.1 Å². The van der Waals surface area contributed by atoms with Crippen molar-refractivity contribution in [2.24, 2.45) is 0 Å². The smallest absolute Gasteiger partial charge is 0.341 e. The quantitative estimate of drug-likeness (QED) is 0.627. The summed E-state index contributed by atoms with van der Waals surface area (Å²) in [5.41, 5.74) is 0.298. The highest BCUT2D eigenvalue weighted by Crippen LogP contribution is 2.30. The first-order valence-corrected chi connectivity index (χ1v) is 10.3. The number of hydrogen-bond acceptors (Lipinski definition) is 6. The zero-order chi connectivity index (χ0) is 20.0. The molecule has 9 heteroatoms. The van der Waals surface area contributed by atoms with E-state index < -0.39 is 28.5 Å². The molecule has 1 aliphatic rings. The van der Waals surface area contributed by atoms with E-state index in [9.17, 15) is 18.0 Å². The molecule has 0 aromatic heterocycles. The normalized spacial score (nSPS) is 17.9. The van der Waals surface area contributed by atoms with Gasteiger partial charge in [-0.15, -0.1) is 6.58 Å². The van der Waals surface area contributed by atoms with Crippen molar-refractivity contribution in [1.29, 1.82) is 0 Å². The predicted molar refractivity (Wildman–Crippen MR) is 99.0 cm³/mol. The molecule has 2 rings (SSSR count). The summed E-state index contributed by atoms with van der Waals surface area (Å²) in [6.07, 6.45) is 1.94. The third-order valence-electron chi connectivity index (χ3n) is 4.08. The number of carboxylic acids is 1. The van der Waals surface area contributed by atoms with Gasteiger partial charge in [0, 0.05) is 18.2 Å². The van der Waals surface area contributed by atoms with Crippen molar-refractivity contribution in [3.8, 4) is 11.5 Å². The predicted octanol–water partition coefficient (Wildman–Crippen LogP) is 1.36. The number of benzene rings is 1. The molecule has 8 nitrogen and oxygen atoms in total. The number of aliphatic carboxylic acids is 1. The number of hydrogen-bond donors (Lipinski definition) is 1. The summed E-state index contributed by atoms with van der Waals surface area (Å²) in [5.74, 6) is -1.01. The number of amides is 1. The Morgan fingerprint density at radius 2 is 2.07 bits per heavy atom. The van der Waals surface area contributed by atoms with E-state index in [1.807, 2.05) is 0 Å². The summed E-state index contributed by atoms with van der Waals surface area (Å²) < 4.78 is 34.2. The van der Waals surface area contributed by atoms with Crippen molar-refractivity contribution >= 4 is 21.7 Å². The van der Waals surface area contributed by atoms with Crippen LogP contribution in [0.5, 0.6) is 11.5 Å². The summed E-state index contributed by atoms with van der Waals surface area (Å²) in [7, 11) is -3.14. The first-order chi connectivity index (χ1) is 12.8. The first-order valence-electron chi connectivity index (χ1n) is 8.51. The number of ether oxygens (including phenoxy) is 2. The van der Waals surface area contributed by atoms with Crippen molar-refractivity contribution in [2.45, 2.75) is 19.4 Å². The minimum absolute atomic E-state index is 0.0603. The SMILES string of the molecule is C=CCN(C(=O)c1ccc(OCC(=O)O)c(OCC)c1)C1CCS(=O)(=O)C1. The molecule has 0 saturated carbocycles. The van der Waals surface area contributed by atoms with Gasteiger partial charge in [-0.2, -0.15) is 0 Å². The van der Waals surface area contributed by atoms with E-state index in [1.165, 1.54) is 23.1 Å². The standard InChI is InChI=1S/C18H23NO7S/c1-3-8-19(14-7-9-27(23,24)12-14)18(22)13-5-6-15(26-11-17(20)21)16(10-13)25-4-2/h3,5-6,10,14H,1,4,7-9,11-12H2,2H3,(H,20,21). The minimum atomic E-state index is -3.14.